The van der Waals surface area contributed by atoms with Crippen LogP contribution in [-0.2, 0) is 16.1 Å². The fourth-order valence-corrected chi connectivity index (χ4v) is 3.19. The van der Waals surface area contributed by atoms with Crippen LogP contribution in [0.15, 0.2) is 54.6 Å². The quantitative estimate of drug-likeness (QED) is 0.842. The number of amides is 2. The van der Waals surface area contributed by atoms with Gasteiger partial charge in [-0.25, -0.2) is 0 Å². The average molecular weight is 338 g/mol. The summed E-state index contributed by atoms with van der Waals surface area (Å²) in [5.74, 6) is -0.179. The van der Waals surface area contributed by atoms with E-state index >= 15 is 0 Å². The van der Waals surface area contributed by atoms with Gasteiger partial charge in [-0.3, -0.25) is 9.59 Å². The molecule has 1 saturated heterocycles. The van der Waals surface area contributed by atoms with E-state index in [1.54, 1.807) is 30.0 Å². The van der Waals surface area contributed by atoms with E-state index in [4.69, 9.17) is 4.74 Å². The van der Waals surface area contributed by atoms with Crippen molar-refractivity contribution in [3.8, 4) is 0 Å². The Morgan fingerprint density at radius 1 is 1.20 bits per heavy atom. The molecular formula is C20H22N2O3. The summed E-state index contributed by atoms with van der Waals surface area (Å²) in [5.41, 5.74) is 2.38. The molecule has 1 heterocycles. The lowest BCUT2D eigenvalue weighted by Gasteiger charge is -2.24. The molecule has 0 radical (unpaired) electrons. The summed E-state index contributed by atoms with van der Waals surface area (Å²) in [5, 5.41) is 0. The van der Waals surface area contributed by atoms with Gasteiger partial charge < -0.3 is 14.5 Å². The number of nitrogens with zero attached hydrogens (tertiary/aromatic N) is 2. The number of anilines is 1. The first kappa shape index (κ1) is 17.2. The van der Waals surface area contributed by atoms with Gasteiger partial charge in [0.2, 0.25) is 5.91 Å². The first-order chi connectivity index (χ1) is 12.1. The Morgan fingerprint density at radius 3 is 2.68 bits per heavy atom. The molecule has 5 heteroatoms. The molecule has 2 aromatic rings. The molecule has 0 bridgehead atoms. The molecule has 3 rings (SSSR count). The zero-order valence-electron chi connectivity index (χ0n) is 14.5. The van der Waals surface area contributed by atoms with E-state index < -0.39 is 6.04 Å². The van der Waals surface area contributed by atoms with Crippen molar-refractivity contribution in [2.24, 2.45) is 0 Å². The topological polar surface area (TPSA) is 49.9 Å². The third-order valence-electron chi connectivity index (χ3n) is 4.52. The minimum Gasteiger partial charge on any atom is -0.380 e. The van der Waals surface area contributed by atoms with E-state index in [1.165, 1.54) is 0 Å². The second-order valence-corrected chi connectivity index (χ2v) is 6.18. The summed E-state index contributed by atoms with van der Waals surface area (Å²) < 4.78 is 5.12. The fourth-order valence-electron chi connectivity index (χ4n) is 3.19. The van der Waals surface area contributed by atoms with Gasteiger partial charge in [0, 0.05) is 32.0 Å². The van der Waals surface area contributed by atoms with Gasteiger partial charge in [0.05, 0.1) is 6.61 Å². The molecular weight excluding hydrogens is 316 g/mol. The van der Waals surface area contributed by atoms with Gasteiger partial charge in [-0.2, -0.15) is 0 Å². The summed E-state index contributed by atoms with van der Waals surface area (Å²) in [6, 6.07) is 16.5. The van der Waals surface area contributed by atoms with Gasteiger partial charge in [-0.15, -0.1) is 0 Å². The molecule has 1 aliphatic heterocycles. The lowest BCUT2D eigenvalue weighted by molar-refractivity contribution is -0.120. The molecule has 1 aliphatic rings. The number of ether oxygens (including phenoxy) is 1. The van der Waals surface area contributed by atoms with Gasteiger partial charge in [0.25, 0.3) is 5.91 Å². The van der Waals surface area contributed by atoms with E-state index in [1.807, 2.05) is 48.5 Å². The van der Waals surface area contributed by atoms with E-state index in [2.05, 4.69) is 0 Å². The van der Waals surface area contributed by atoms with Crippen LogP contribution in [0.5, 0.6) is 0 Å². The summed E-state index contributed by atoms with van der Waals surface area (Å²) in [4.78, 5) is 28.9. The predicted octanol–water partition coefficient (Wildman–Crippen LogP) is 2.71. The third-order valence-corrected chi connectivity index (χ3v) is 4.52. The molecule has 0 unspecified atom stereocenters. The number of carbonyl (C=O) groups is 2. The highest BCUT2D eigenvalue weighted by Gasteiger charge is 2.37. The van der Waals surface area contributed by atoms with Crippen LogP contribution in [0.4, 0.5) is 5.69 Å². The van der Waals surface area contributed by atoms with Crippen LogP contribution >= 0.6 is 0 Å². The molecule has 130 valence electrons. The Hall–Kier alpha value is -2.66. The third kappa shape index (κ3) is 3.56. The van der Waals surface area contributed by atoms with E-state index in [9.17, 15) is 9.59 Å². The first-order valence-corrected chi connectivity index (χ1v) is 8.33. The molecule has 1 fully saturated rings. The number of hydrogen-bond donors (Lipinski definition) is 0. The van der Waals surface area contributed by atoms with Crippen molar-refractivity contribution >= 4 is 17.5 Å². The zero-order valence-corrected chi connectivity index (χ0v) is 14.5. The Bertz CT molecular complexity index is 761. The van der Waals surface area contributed by atoms with Crippen LogP contribution in [0.3, 0.4) is 0 Å². The highest BCUT2D eigenvalue weighted by atomic mass is 16.5. The molecule has 25 heavy (non-hydrogen) atoms. The number of para-hydroxylation sites is 1. The molecule has 0 aromatic heterocycles. The Kier molecular flexibility index (Phi) is 5.14. The summed E-state index contributed by atoms with van der Waals surface area (Å²) in [6.45, 7) is 1.07. The molecule has 5 nitrogen and oxygen atoms in total. The van der Waals surface area contributed by atoms with Crippen LogP contribution in [-0.4, -0.2) is 43.5 Å². The van der Waals surface area contributed by atoms with Crippen LogP contribution in [0.1, 0.15) is 22.3 Å². The number of benzene rings is 2. The van der Waals surface area contributed by atoms with Gasteiger partial charge >= 0.3 is 0 Å². The predicted molar refractivity (Wildman–Crippen MR) is 96.4 cm³/mol. The number of carbonyl (C=O) groups excluding carboxylic acids is 2. The highest BCUT2D eigenvalue weighted by Crippen LogP contribution is 2.24. The van der Waals surface area contributed by atoms with Crippen LogP contribution < -0.4 is 4.90 Å². The van der Waals surface area contributed by atoms with Crippen molar-refractivity contribution in [3.63, 3.8) is 0 Å². The second-order valence-electron chi connectivity index (χ2n) is 6.18. The lowest BCUT2D eigenvalue weighted by Crippen LogP contribution is -2.43. The minimum absolute atomic E-state index is 0.0323. The summed E-state index contributed by atoms with van der Waals surface area (Å²) in [6.07, 6.45) is 0.633. The number of rotatable bonds is 5. The molecule has 2 aromatic carbocycles. The highest BCUT2D eigenvalue weighted by molar-refractivity contribution is 6.03. The average Bonchev–Trinajstić information content (AvgIpc) is 3.03. The molecule has 0 saturated carbocycles. The summed E-state index contributed by atoms with van der Waals surface area (Å²) in [7, 11) is 3.32. The minimum atomic E-state index is -0.432. The Labute approximate surface area is 147 Å². The van der Waals surface area contributed by atoms with Crippen LogP contribution in [0.2, 0.25) is 0 Å². The van der Waals surface area contributed by atoms with Crippen LogP contribution in [0.25, 0.3) is 0 Å². The van der Waals surface area contributed by atoms with Gasteiger partial charge in [-0.1, -0.05) is 30.3 Å². The smallest absolute Gasteiger partial charge is 0.254 e. The first-order valence-electron chi connectivity index (χ1n) is 8.33. The largest absolute Gasteiger partial charge is 0.380 e. The fraction of sp³-hybridized carbons (Fsp3) is 0.300. The number of likely N-dealkylation sites (N-methyl/N-ethyl adjacent to an activating group) is 1. The summed E-state index contributed by atoms with van der Waals surface area (Å²) >= 11 is 0. The molecule has 1 atom stereocenters. The van der Waals surface area contributed by atoms with Gasteiger partial charge in [0.1, 0.15) is 6.04 Å². The number of hydrogen-bond acceptors (Lipinski definition) is 3. The second kappa shape index (κ2) is 7.49. The Morgan fingerprint density at radius 2 is 1.96 bits per heavy atom. The maximum absolute atomic E-state index is 12.8. The van der Waals surface area contributed by atoms with Crippen LogP contribution in [0, 0.1) is 0 Å². The SMILES string of the molecule is COCc1cccc(C(=O)N(C)[C@H]2CCN(c3ccccc3)C2=O)c1. The van der Waals surface area contributed by atoms with E-state index in [0.29, 0.717) is 25.1 Å². The molecule has 2 amide bonds. The zero-order chi connectivity index (χ0) is 17.8. The van der Waals surface area contributed by atoms with Crippen molar-refractivity contribution in [1.82, 2.24) is 4.90 Å². The van der Waals surface area contributed by atoms with Crippen molar-refractivity contribution in [2.45, 2.75) is 19.1 Å². The van der Waals surface area contributed by atoms with Gasteiger partial charge in [-0.05, 0) is 36.2 Å². The van der Waals surface area contributed by atoms with E-state index in [0.717, 1.165) is 11.3 Å². The van der Waals surface area contributed by atoms with Gasteiger partial charge in [0.15, 0.2) is 0 Å². The van der Waals surface area contributed by atoms with Crippen molar-refractivity contribution in [3.05, 3.63) is 65.7 Å². The van der Waals surface area contributed by atoms with Crippen molar-refractivity contribution in [2.75, 3.05) is 25.6 Å². The maximum atomic E-state index is 12.8. The number of methoxy groups -OCH3 is 1. The molecule has 0 spiro atoms. The maximum Gasteiger partial charge on any atom is 0.254 e. The van der Waals surface area contributed by atoms with Crippen molar-refractivity contribution < 1.29 is 14.3 Å². The monoisotopic (exact) mass is 338 g/mol. The molecule has 0 N–H and O–H groups in total. The Balaban J connectivity index is 1.75. The normalized spacial score (nSPS) is 17.0. The lowest BCUT2D eigenvalue weighted by atomic mass is 10.1. The molecule has 0 aliphatic carbocycles. The standard InChI is InChI=1S/C20H22N2O3/c1-21(19(23)16-8-6-7-15(13-16)14-25-2)18-11-12-22(20(18)24)17-9-4-3-5-10-17/h3-10,13,18H,11-12,14H2,1-2H3/t18-/m0/s1. The van der Waals surface area contributed by atoms with E-state index in [-0.39, 0.29) is 11.8 Å². The van der Waals surface area contributed by atoms with Crippen molar-refractivity contribution in [1.29, 1.82) is 0 Å².